The molecule has 38 heavy (non-hydrogen) atoms. The SMILES string of the molecule is Nc1ncnn2c(CN3CCOCC3)cc(-c3ccc(NC(=O)Nc4cccc(C(F)(F)F)c4)c(F)c3)c12. The Kier molecular flexibility index (Phi) is 6.87. The summed E-state index contributed by atoms with van der Waals surface area (Å²) >= 11 is 0. The zero-order valence-corrected chi connectivity index (χ0v) is 19.9. The number of halogens is 4. The number of hydrogen-bond donors (Lipinski definition) is 3. The molecule has 1 saturated heterocycles. The van der Waals surface area contributed by atoms with Crippen LogP contribution in [0.4, 0.5) is 39.5 Å². The van der Waals surface area contributed by atoms with E-state index < -0.39 is 23.6 Å². The average Bonchev–Trinajstić information content (AvgIpc) is 3.25. The van der Waals surface area contributed by atoms with E-state index in [2.05, 4.69) is 25.6 Å². The highest BCUT2D eigenvalue weighted by molar-refractivity contribution is 6.00. The lowest BCUT2D eigenvalue weighted by Crippen LogP contribution is -2.36. The van der Waals surface area contributed by atoms with E-state index in [4.69, 9.17) is 10.5 Å². The number of carbonyl (C=O) groups excluding carboxylic acids is 1. The number of urea groups is 1. The standard InChI is InChI=1S/C25H23F4N7O2/c26-20-10-15(4-5-21(20)34-24(37)33-17-3-1-2-16(11-17)25(27,28)29)19-12-18(13-35-6-8-38-9-7-35)36-22(19)23(30)31-14-32-36/h1-5,10-12,14H,6-9,13H2,(H2,30,31,32)(H2,33,34,37). The van der Waals surface area contributed by atoms with Gasteiger partial charge in [0.1, 0.15) is 17.7 Å². The molecule has 1 fully saturated rings. The van der Waals surface area contributed by atoms with Crippen molar-refractivity contribution in [2.45, 2.75) is 12.7 Å². The van der Waals surface area contributed by atoms with Crippen molar-refractivity contribution in [1.29, 1.82) is 0 Å². The van der Waals surface area contributed by atoms with Crippen LogP contribution >= 0.6 is 0 Å². The van der Waals surface area contributed by atoms with Gasteiger partial charge in [-0.2, -0.15) is 18.3 Å². The Hall–Kier alpha value is -4.23. The summed E-state index contributed by atoms with van der Waals surface area (Å²) in [6.07, 6.45) is -3.21. The number of carbonyl (C=O) groups is 1. The topological polar surface area (TPSA) is 110 Å². The number of aromatic nitrogens is 3. The molecule has 13 heteroatoms. The van der Waals surface area contributed by atoms with Crippen LogP contribution in [-0.2, 0) is 17.5 Å². The highest BCUT2D eigenvalue weighted by atomic mass is 19.4. The molecule has 3 heterocycles. The third-order valence-corrected chi connectivity index (χ3v) is 6.12. The van der Waals surface area contributed by atoms with Crippen LogP contribution in [0.5, 0.6) is 0 Å². The molecule has 1 aliphatic rings. The van der Waals surface area contributed by atoms with Crippen LogP contribution in [0.25, 0.3) is 16.6 Å². The number of nitrogens with two attached hydrogens (primary N) is 1. The third kappa shape index (κ3) is 5.38. The van der Waals surface area contributed by atoms with E-state index in [1.54, 1.807) is 10.6 Å². The predicted octanol–water partition coefficient (Wildman–Crippen LogP) is 4.61. The molecule has 2 aromatic heterocycles. The largest absolute Gasteiger partial charge is 0.416 e. The molecule has 0 radical (unpaired) electrons. The third-order valence-electron chi connectivity index (χ3n) is 6.12. The zero-order valence-electron chi connectivity index (χ0n) is 19.9. The van der Waals surface area contributed by atoms with E-state index in [1.807, 2.05) is 6.07 Å². The molecule has 0 bridgehead atoms. The summed E-state index contributed by atoms with van der Waals surface area (Å²) in [6, 6.07) is 9.32. The maximum Gasteiger partial charge on any atom is 0.416 e. The molecule has 0 atom stereocenters. The summed E-state index contributed by atoms with van der Waals surface area (Å²) in [7, 11) is 0. The molecule has 5 rings (SSSR count). The lowest BCUT2D eigenvalue weighted by Gasteiger charge is -2.26. The fraction of sp³-hybridized carbons (Fsp3) is 0.240. The van der Waals surface area contributed by atoms with Gasteiger partial charge >= 0.3 is 12.2 Å². The van der Waals surface area contributed by atoms with Crippen LogP contribution in [0.1, 0.15) is 11.3 Å². The minimum atomic E-state index is -4.56. The molecule has 198 valence electrons. The molecular formula is C25H23F4N7O2. The molecule has 2 aromatic carbocycles. The highest BCUT2D eigenvalue weighted by Gasteiger charge is 2.30. The van der Waals surface area contributed by atoms with E-state index >= 15 is 4.39 Å². The van der Waals surface area contributed by atoms with Gasteiger partial charge in [-0.15, -0.1) is 0 Å². The number of nitrogens with one attached hydrogen (secondary N) is 2. The van der Waals surface area contributed by atoms with Crippen LogP contribution in [0.2, 0.25) is 0 Å². The lowest BCUT2D eigenvalue weighted by molar-refractivity contribution is -0.137. The van der Waals surface area contributed by atoms with Crippen molar-refractivity contribution in [2.75, 3.05) is 42.7 Å². The maximum atomic E-state index is 15.1. The lowest BCUT2D eigenvalue weighted by atomic mass is 10.1. The van der Waals surface area contributed by atoms with Gasteiger partial charge in [-0.05, 0) is 42.0 Å². The van der Waals surface area contributed by atoms with Crippen molar-refractivity contribution in [3.8, 4) is 11.1 Å². The van der Waals surface area contributed by atoms with Gasteiger partial charge < -0.3 is 21.1 Å². The Morgan fingerprint density at radius 2 is 1.87 bits per heavy atom. The summed E-state index contributed by atoms with van der Waals surface area (Å²) in [4.78, 5) is 18.6. The summed E-state index contributed by atoms with van der Waals surface area (Å²) in [6.45, 7) is 3.38. The molecule has 4 aromatic rings. The maximum absolute atomic E-state index is 15.1. The number of anilines is 3. The average molecular weight is 529 g/mol. The fourth-order valence-electron chi connectivity index (χ4n) is 4.30. The van der Waals surface area contributed by atoms with Crippen LogP contribution in [0.15, 0.2) is 54.9 Å². The number of benzene rings is 2. The second-order valence-corrected chi connectivity index (χ2v) is 8.70. The Bertz CT molecular complexity index is 1480. The Morgan fingerprint density at radius 3 is 2.61 bits per heavy atom. The summed E-state index contributed by atoms with van der Waals surface area (Å²) in [5.74, 6) is -0.516. The first-order chi connectivity index (χ1) is 18.2. The van der Waals surface area contributed by atoms with Gasteiger partial charge in [-0.3, -0.25) is 4.90 Å². The smallest absolute Gasteiger partial charge is 0.382 e. The highest BCUT2D eigenvalue weighted by Crippen LogP contribution is 2.33. The zero-order chi connectivity index (χ0) is 26.9. The van der Waals surface area contributed by atoms with Gasteiger partial charge in [0.25, 0.3) is 0 Å². The molecule has 2 amide bonds. The number of morpholine rings is 1. The Morgan fingerprint density at radius 1 is 1.08 bits per heavy atom. The van der Waals surface area contributed by atoms with Crippen molar-refractivity contribution in [3.05, 3.63) is 71.9 Å². The van der Waals surface area contributed by atoms with Gasteiger partial charge in [0, 0.05) is 30.9 Å². The minimum absolute atomic E-state index is 0.0853. The number of rotatable bonds is 5. The van der Waals surface area contributed by atoms with Crippen molar-refractivity contribution in [1.82, 2.24) is 19.5 Å². The Balaban J connectivity index is 1.37. The fourth-order valence-corrected chi connectivity index (χ4v) is 4.30. The summed E-state index contributed by atoms with van der Waals surface area (Å²) < 4.78 is 60.9. The van der Waals surface area contributed by atoms with Crippen LogP contribution < -0.4 is 16.4 Å². The van der Waals surface area contributed by atoms with Crippen molar-refractivity contribution >= 4 is 28.7 Å². The van der Waals surface area contributed by atoms with E-state index in [-0.39, 0.29) is 17.2 Å². The normalized spacial score (nSPS) is 14.5. The molecule has 0 aliphatic carbocycles. The number of fused-ring (bicyclic) bond motifs is 1. The number of amides is 2. The summed E-state index contributed by atoms with van der Waals surface area (Å²) in [5, 5.41) is 8.94. The van der Waals surface area contributed by atoms with Crippen LogP contribution in [0.3, 0.4) is 0 Å². The van der Waals surface area contributed by atoms with Gasteiger partial charge in [-0.25, -0.2) is 18.7 Å². The second kappa shape index (κ2) is 10.3. The number of alkyl halides is 3. The van der Waals surface area contributed by atoms with Gasteiger partial charge in [0.2, 0.25) is 0 Å². The van der Waals surface area contributed by atoms with Crippen molar-refractivity contribution < 1.29 is 27.1 Å². The van der Waals surface area contributed by atoms with Gasteiger partial charge in [0.15, 0.2) is 5.82 Å². The quantitative estimate of drug-likeness (QED) is 0.326. The minimum Gasteiger partial charge on any atom is -0.382 e. The number of nitrogen functional groups attached to an aromatic ring is 1. The first-order valence-electron chi connectivity index (χ1n) is 11.7. The van der Waals surface area contributed by atoms with E-state index in [9.17, 15) is 18.0 Å². The van der Waals surface area contributed by atoms with E-state index in [0.29, 0.717) is 36.4 Å². The van der Waals surface area contributed by atoms with Crippen molar-refractivity contribution in [3.63, 3.8) is 0 Å². The number of nitrogens with zero attached hydrogens (tertiary/aromatic N) is 4. The first kappa shape index (κ1) is 25.4. The number of ether oxygens (including phenoxy) is 1. The van der Waals surface area contributed by atoms with Crippen LogP contribution in [0, 0.1) is 5.82 Å². The van der Waals surface area contributed by atoms with Crippen molar-refractivity contribution in [2.24, 2.45) is 0 Å². The van der Waals surface area contributed by atoms with E-state index in [1.165, 1.54) is 30.6 Å². The first-order valence-corrected chi connectivity index (χ1v) is 11.7. The Labute approximate surface area is 214 Å². The monoisotopic (exact) mass is 529 g/mol. The molecule has 1 aliphatic heterocycles. The molecule has 0 unspecified atom stereocenters. The summed E-state index contributed by atoms with van der Waals surface area (Å²) in [5.41, 5.74) is 7.47. The molecule has 4 N–H and O–H groups in total. The molecule has 9 nitrogen and oxygen atoms in total. The van der Waals surface area contributed by atoms with Crippen LogP contribution in [-0.4, -0.2) is 51.8 Å². The van der Waals surface area contributed by atoms with Gasteiger partial charge in [0.05, 0.1) is 30.2 Å². The predicted molar refractivity (Wildman–Crippen MR) is 133 cm³/mol. The molecule has 0 saturated carbocycles. The number of hydrogen-bond acceptors (Lipinski definition) is 6. The van der Waals surface area contributed by atoms with E-state index in [0.717, 1.165) is 30.9 Å². The molecular weight excluding hydrogens is 506 g/mol. The van der Waals surface area contributed by atoms with Gasteiger partial charge in [-0.1, -0.05) is 12.1 Å². The molecule has 0 spiro atoms. The second-order valence-electron chi connectivity index (χ2n) is 8.70.